The molecule has 1 aliphatic heterocycles. The van der Waals surface area contributed by atoms with Crippen molar-refractivity contribution >= 4 is 42.4 Å². The van der Waals surface area contributed by atoms with E-state index in [2.05, 4.69) is 5.10 Å². The molecule has 0 saturated heterocycles. The van der Waals surface area contributed by atoms with Crippen LogP contribution in [-0.2, 0) is 0 Å². The van der Waals surface area contributed by atoms with E-state index in [0.717, 1.165) is 0 Å². The number of benzene rings is 1. The molecule has 0 spiro atoms. The first-order valence-electron chi connectivity index (χ1n) is 6.62. The van der Waals surface area contributed by atoms with Gasteiger partial charge in [0, 0.05) is 17.8 Å². The van der Waals surface area contributed by atoms with Crippen molar-refractivity contribution < 1.29 is 13.6 Å². The van der Waals surface area contributed by atoms with Crippen molar-refractivity contribution in [2.45, 2.75) is 19.4 Å². The van der Waals surface area contributed by atoms with Crippen molar-refractivity contribution in [3.8, 4) is 0 Å². The van der Waals surface area contributed by atoms with Crippen LogP contribution in [0.25, 0.3) is 0 Å². The van der Waals surface area contributed by atoms with Crippen molar-refractivity contribution in [3.05, 3.63) is 40.7 Å². The highest BCUT2D eigenvalue weighted by molar-refractivity contribution is 7.59. The highest BCUT2D eigenvalue weighted by Gasteiger charge is 2.33. The first kappa shape index (κ1) is 17.6. The Balaban J connectivity index is 0.00000192. The van der Waals surface area contributed by atoms with Gasteiger partial charge >= 0.3 is 0 Å². The van der Waals surface area contributed by atoms with Gasteiger partial charge in [-0.15, -0.1) is 0 Å². The van der Waals surface area contributed by atoms with E-state index in [1.165, 1.54) is 29.3 Å². The van der Waals surface area contributed by atoms with Crippen molar-refractivity contribution in [2.75, 3.05) is 17.2 Å². The van der Waals surface area contributed by atoms with Gasteiger partial charge in [0.2, 0.25) is 0 Å². The lowest BCUT2D eigenvalue weighted by molar-refractivity contribution is 0.0954. The van der Waals surface area contributed by atoms with Crippen LogP contribution < -0.4 is 10.6 Å². The summed E-state index contributed by atoms with van der Waals surface area (Å²) < 4.78 is 27.1. The number of rotatable bonds is 2. The third kappa shape index (κ3) is 2.88. The van der Waals surface area contributed by atoms with Crippen LogP contribution in [0, 0.1) is 0 Å². The fourth-order valence-electron chi connectivity index (χ4n) is 2.57. The zero-order valence-electron chi connectivity index (χ0n) is 12.1. The highest BCUT2D eigenvalue weighted by Crippen LogP contribution is 2.33. The number of fused-ring (bicyclic) bond motifs is 1. The number of carbonyl (C=O) groups excluding carboxylic acids is 1. The number of amides is 1. The molecule has 1 aromatic carbocycles. The maximum absolute atomic E-state index is 12.8. The Kier molecular flexibility index (Phi) is 4.86. The number of nitrogens with two attached hydrogens (primary N) is 1. The lowest BCUT2D eigenvalue weighted by Crippen LogP contribution is -2.42. The number of hydrogen-bond acceptors (Lipinski definition) is 3. The molecule has 2 N–H and O–H groups in total. The largest absolute Gasteiger partial charge is 0.396 e. The summed E-state index contributed by atoms with van der Waals surface area (Å²) in [5.41, 5.74) is 6.58. The standard InChI is InChI=1S/C14H13ClF2N4O.H2S/c1-7-6-20(14(22)12-11(18)5-19-21(7)12)8-2-3-9(13(16)17)10(15)4-8;/h2-5,7,13H,6,18H2,1H3;1H2/t7-;/m0./s1. The molecule has 0 fully saturated rings. The van der Waals surface area contributed by atoms with Gasteiger partial charge in [-0.2, -0.15) is 18.6 Å². The zero-order chi connectivity index (χ0) is 16.0. The molecule has 0 unspecified atom stereocenters. The van der Waals surface area contributed by atoms with E-state index >= 15 is 0 Å². The summed E-state index contributed by atoms with van der Waals surface area (Å²) in [6.07, 6.45) is -1.23. The predicted octanol–water partition coefficient (Wildman–Crippen LogP) is 3.39. The zero-order valence-corrected chi connectivity index (χ0v) is 13.9. The number of anilines is 2. The lowest BCUT2D eigenvalue weighted by atomic mass is 10.1. The third-order valence-electron chi connectivity index (χ3n) is 3.67. The average Bonchev–Trinajstić information content (AvgIpc) is 2.85. The summed E-state index contributed by atoms with van der Waals surface area (Å²) in [5, 5.41) is 4.02. The molecule has 0 bridgehead atoms. The van der Waals surface area contributed by atoms with Crippen LogP contribution >= 0.6 is 25.1 Å². The van der Waals surface area contributed by atoms with E-state index in [1.54, 1.807) is 4.68 Å². The van der Waals surface area contributed by atoms with Gasteiger partial charge in [0.1, 0.15) is 5.69 Å². The number of halogens is 3. The number of aromatic nitrogens is 2. The molecule has 124 valence electrons. The topological polar surface area (TPSA) is 64.2 Å². The van der Waals surface area contributed by atoms with E-state index in [9.17, 15) is 13.6 Å². The molecule has 1 amide bonds. The maximum Gasteiger partial charge on any atom is 0.278 e. The fourth-order valence-corrected chi connectivity index (χ4v) is 2.82. The minimum Gasteiger partial charge on any atom is -0.396 e. The van der Waals surface area contributed by atoms with Crippen LogP contribution in [0.5, 0.6) is 0 Å². The van der Waals surface area contributed by atoms with E-state index in [0.29, 0.717) is 17.9 Å². The Morgan fingerprint density at radius 3 is 2.74 bits per heavy atom. The Labute approximate surface area is 143 Å². The summed E-state index contributed by atoms with van der Waals surface area (Å²) in [6.45, 7) is 2.25. The molecule has 1 atom stereocenters. The summed E-state index contributed by atoms with van der Waals surface area (Å²) in [6, 6.07) is 3.98. The smallest absolute Gasteiger partial charge is 0.278 e. The number of carbonyl (C=O) groups is 1. The molecule has 1 aromatic heterocycles. The quantitative estimate of drug-likeness (QED) is 0.892. The van der Waals surface area contributed by atoms with Gasteiger partial charge in [-0.25, -0.2) is 8.78 Å². The lowest BCUT2D eigenvalue weighted by Gasteiger charge is -2.32. The van der Waals surface area contributed by atoms with Crippen molar-refractivity contribution in [1.82, 2.24) is 9.78 Å². The summed E-state index contributed by atoms with van der Waals surface area (Å²) in [7, 11) is 0. The highest BCUT2D eigenvalue weighted by atomic mass is 35.5. The van der Waals surface area contributed by atoms with E-state index < -0.39 is 6.43 Å². The maximum atomic E-state index is 12.8. The normalized spacial score (nSPS) is 17.2. The molecule has 0 aliphatic carbocycles. The molecular weight excluding hydrogens is 346 g/mol. The van der Waals surface area contributed by atoms with Gasteiger partial charge in [0.25, 0.3) is 12.3 Å². The van der Waals surface area contributed by atoms with Crippen LogP contribution in [-0.4, -0.2) is 22.2 Å². The number of nitrogen functional groups attached to an aromatic ring is 1. The monoisotopic (exact) mass is 360 g/mol. The molecule has 23 heavy (non-hydrogen) atoms. The first-order chi connectivity index (χ1) is 10.4. The molecule has 0 radical (unpaired) electrons. The Bertz CT molecular complexity index is 752. The van der Waals surface area contributed by atoms with Gasteiger partial charge in [-0.3, -0.25) is 9.48 Å². The number of nitrogens with zero attached hydrogens (tertiary/aromatic N) is 3. The molecule has 2 aromatic rings. The van der Waals surface area contributed by atoms with Gasteiger partial charge in [-0.05, 0) is 25.1 Å². The van der Waals surface area contributed by atoms with E-state index in [1.807, 2.05) is 6.92 Å². The SMILES string of the molecule is C[C@H]1CN(c2ccc(C(F)F)c(Cl)c2)C(=O)c2c(N)cnn21.S. The third-order valence-corrected chi connectivity index (χ3v) is 3.99. The average molecular weight is 361 g/mol. The van der Waals surface area contributed by atoms with Crippen molar-refractivity contribution in [2.24, 2.45) is 0 Å². The van der Waals surface area contributed by atoms with Crippen LogP contribution in [0.1, 0.15) is 35.4 Å². The summed E-state index contributed by atoms with van der Waals surface area (Å²) in [4.78, 5) is 14.0. The van der Waals surface area contributed by atoms with Gasteiger partial charge < -0.3 is 10.6 Å². The Morgan fingerprint density at radius 2 is 2.13 bits per heavy atom. The molecular formula is C14H15ClF2N4OS. The second-order valence-electron chi connectivity index (χ2n) is 5.16. The van der Waals surface area contributed by atoms with Gasteiger partial charge in [0.05, 0.1) is 22.9 Å². The van der Waals surface area contributed by atoms with Gasteiger partial charge in [-0.1, -0.05) is 11.6 Å². The Hall–Kier alpha value is -1.80. The summed E-state index contributed by atoms with van der Waals surface area (Å²) >= 11 is 5.88. The van der Waals surface area contributed by atoms with Crippen LogP contribution in [0.15, 0.2) is 24.4 Å². The molecule has 3 rings (SSSR count). The molecule has 1 aliphatic rings. The molecule has 2 heterocycles. The minimum absolute atomic E-state index is 0. The minimum atomic E-state index is -2.66. The van der Waals surface area contributed by atoms with Gasteiger partial charge in [0.15, 0.2) is 0 Å². The predicted molar refractivity (Wildman–Crippen MR) is 89.8 cm³/mol. The van der Waals surface area contributed by atoms with Crippen LogP contribution in [0.2, 0.25) is 5.02 Å². The number of hydrogen-bond donors (Lipinski definition) is 1. The Morgan fingerprint density at radius 1 is 1.43 bits per heavy atom. The fraction of sp³-hybridized carbons (Fsp3) is 0.286. The summed E-state index contributed by atoms with van der Waals surface area (Å²) in [5.74, 6) is -0.325. The first-order valence-corrected chi connectivity index (χ1v) is 7.00. The molecule has 9 heteroatoms. The molecule has 0 saturated carbocycles. The number of alkyl halides is 2. The second-order valence-corrected chi connectivity index (χ2v) is 5.57. The van der Waals surface area contributed by atoms with Crippen molar-refractivity contribution in [1.29, 1.82) is 0 Å². The van der Waals surface area contributed by atoms with Crippen LogP contribution in [0.4, 0.5) is 20.2 Å². The van der Waals surface area contributed by atoms with Crippen molar-refractivity contribution in [3.63, 3.8) is 0 Å². The van der Waals surface area contributed by atoms with E-state index in [4.69, 9.17) is 17.3 Å². The molecule has 5 nitrogen and oxygen atoms in total. The van der Waals surface area contributed by atoms with Crippen LogP contribution in [0.3, 0.4) is 0 Å². The second kappa shape index (κ2) is 6.37. The van der Waals surface area contributed by atoms with E-state index in [-0.39, 0.29) is 41.7 Å².